The van der Waals surface area contributed by atoms with E-state index >= 15 is 0 Å². The Morgan fingerprint density at radius 1 is 1.67 bits per heavy atom. The monoisotopic (exact) mass is 190 g/mol. The van der Waals surface area contributed by atoms with Crippen molar-refractivity contribution in [2.75, 3.05) is 5.88 Å². The number of rotatable bonds is 4. The molecule has 0 heterocycles. The highest BCUT2D eigenvalue weighted by Crippen LogP contribution is 2.25. The molecule has 0 saturated heterocycles. The average molecular weight is 190 g/mol. The third-order valence-electron chi connectivity index (χ3n) is 1.86. The molecule has 3 nitrogen and oxygen atoms in total. The molecule has 0 radical (unpaired) electrons. The van der Waals surface area contributed by atoms with Crippen LogP contribution >= 0.6 is 11.8 Å². The van der Waals surface area contributed by atoms with Gasteiger partial charge in [0.1, 0.15) is 0 Å². The predicted octanol–water partition coefficient (Wildman–Crippen LogP) is 0.939. The van der Waals surface area contributed by atoms with Gasteiger partial charge in [-0.25, -0.2) is 0 Å². The summed E-state index contributed by atoms with van der Waals surface area (Å²) in [5.41, 5.74) is 5.75. The first-order valence-corrected chi connectivity index (χ1v) is 4.99. The van der Waals surface area contributed by atoms with Crippen LogP contribution < -0.4 is 11.1 Å². The van der Waals surface area contributed by atoms with Gasteiger partial charge in [-0.1, -0.05) is 0 Å². The third kappa shape index (κ3) is 4.62. The molecule has 0 unspecified atom stereocenters. The van der Waals surface area contributed by atoms with Crippen LogP contribution in [0.4, 0.5) is 0 Å². The zero-order chi connectivity index (χ0) is 9.78. The van der Waals surface area contributed by atoms with Crippen molar-refractivity contribution >= 4 is 17.7 Å². The smallest absolute Gasteiger partial charge is 0.217 e. The molecule has 0 fully saturated rings. The molecule has 0 aromatic rings. The molecule has 0 aliphatic heterocycles. The minimum Gasteiger partial charge on any atom is -0.347 e. The number of hydrogen-bond donors (Lipinski definition) is 2. The van der Waals surface area contributed by atoms with Crippen LogP contribution in [0.2, 0.25) is 0 Å². The second-order valence-electron chi connectivity index (χ2n) is 3.41. The van der Waals surface area contributed by atoms with Crippen molar-refractivity contribution in [1.29, 1.82) is 0 Å². The highest BCUT2D eigenvalue weighted by Gasteiger charge is 2.22. The van der Waals surface area contributed by atoms with Gasteiger partial charge in [-0.05, 0) is 20.8 Å². The summed E-state index contributed by atoms with van der Waals surface area (Å²) in [7, 11) is 0. The van der Waals surface area contributed by atoms with E-state index in [0.717, 1.165) is 0 Å². The van der Waals surface area contributed by atoms with E-state index in [9.17, 15) is 4.79 Å². The summed E-state index contributed by atoms with van der Waals surface area (Å²) in [6.07, 6.45) is 0. The Kier molecular flexibility index (Phi) is 4.63. The number of amides is 1. The van der Waals surface area contributed by atoms with E-state index in [1.54, 1.807) is 11.8 Å². The Balaban J connectivity index is 3.69. The fourth-order valence-electron chi connectivity index (χ4n) is 0.455. The molecule has 0 aliphatic rings. The summed E-state index contributed by atoms with van der Waals surface area (Å²) in [4.78, 5) is 10.5. The molecule has 0 spiro atoms. The third-order valence-corrected chi connectivity index (χ3v) is 3.27. The van der Waals surface area contributed by atoms with Gasteiger partial charge < -0.3 is 11.1 Å². The Hall–Kier alpha value is -0.220. The number of hydrogen-bond acceptors (Lipinski definition) is 3. The van der Waals surface area contributed by atoms with E-state index in [0.29, 0.717) is 5.88 Å². The standard InChI is InChI=1S/C8H18N2OS/c1-6(9)8(3,4)12-5-10-7(2)11/h6H,5,9H2,1-4H3,(H,10,11)/t6-/m0/s1. The fraction of sp³-hybridized carbons (Fsp3) is 0.875. The zero-order valence-corrected chi connectivity index (χ0v) is 8.99. The van der Waals surface area contributed by atoms with Crippen molar-refractivity contribution in [2.45, 2.75) is 38.5 Å². The van der Waals surface area contributed by atoms with Crippen LogP contribution in [0.5, 0.6) is 0 Å². The molecule has 0 saturated carbocycles. The molecule has 1 atom stereocenters. The molecule has 0 aliphatic carbocycles. The quantitative estimate of drug-likeness (QED) is 0.649. The van der Waals surface area contributed by atoms with E-state index in [2.05, 4.69) is 19.2 Å². The van der Waals surface area contributed by atoms with Crippen LogP contribution in [0.25, 0.3) is 0 Å². The van der Waals surface area contributed by atoms with Crippen LogP contribution in [-0.2, 0) is 4.79 Å². The fourth-order valence-corrected chi connectivity index (χ4v) is 1.37. The lowest BCUT2D eigenvalue weighted by Crippen LogP contribution is -2.39. The molecule has 12 heavy (non-hydrogen) atoms. The van der Waals surface area contributed by atoms with E-state index in [1.807, 2.05) is 6.92 Å². The number of carbonyl (C=O) groups is 1. The van der Waals surface area contributed by atoms with Crippen molar-refractivity contribution in [2.24, 2.45) is 5.73 Å². The van der Waals surface area contributed by atoms with Crippen molar-refractivity contribution in [3.05, 3.63) is 0 Å². The Bertz CT molecular complexity index is 157. The molecule has 0 aromatic heterocycles. The largest absolute Gasteiger partial charge is 0.347 e. The second kappa shape index (κ2) is 4.72. The van der Waals surface area contributed by atoms with E-state index in [-0.39, 0.29) is 16.7 Å². The highest BCUT2D eigenvalue weighted by atomic mass is 32.2. The highest BCUT2D eigenvalue weighted by molar-refractivity contribution is 8.00. The van der Waals surface area contributed by atoms with Crippen molar-refractivity contribution < 1.29 is 4.79 Å². The van der Waals surface area contributed by atoms with Crippen LogP contribution in [0, 0.1) is 0 Å². The number of nitrogens with one attached hydrogen (secondary N) is 1. The maximum absolute atomic E-state index is 10.5. The molecule has 0 rings (SSSR count). The summed E-state index contributed by atoms with van der Waals surface area (Å²) < 4.78 is 0.0163. The number of nitrogens with two attached hydrogens (primary N) is 1. The van der Waals surface area contributed by atoms with Gasteiger partial charge in [-0.15, -0.1) is 11.8 Å². The molecule has 0 bridgehead atoms. The Morgan fingerprint density at radius 2 is 2.17 bits per heavy atom. The van der Waals surface area contributed by atoms with E-state index in [4.69, 9.17) is 5.73 Å². The summed E-state index contributed by atoms with van der Waals surface area (Å²) in [5.74, 6) is 0.632. The van der Waals surface area contributed by atoms with Gasteiger partial charge in [0.25, 0.3) is 0 Å². The summed E-state index contributed by atoms with van der Waals surface area (Å²) in [5, 5.41) is 2.72. The summed E-state index contributed by atoms with van der Waals surface area (Å²) in [6, 6.07) is 0.122. The first-order valence-electron chi connectivity index (χ1n) is 4.00. The van der Waals surface area contributed by atoms with Gasteiger partial charge in [0.15, 0.2) is 0 Å². The lowest BCUT2D eigenvalue weighted by molar-refractivity contribution is -0.118. The summed E-state index contributed by atoms with van der Waals surface area (Å²) in [6.45, 7) is 7.63. The zero-order valence-electron chi connectivity index (χ0n) is 8.18. The number of carbonyl (C=O) groups excluding carboxylic acids is 1. The van der Waals surface area contributed by atoms with Gasteiger partial charge in [0.2, 0.25) is 5.91 Å². The first-order chi connectivity index (χ1) is 5.36. The molecule has 1 amide bonds. The predicted molar refractivity (Wildman–Crippen MR) is 54.0 cm³/mol. The molecular formula is C8H18N2OS. The van der Waals surface area contributed by atoms with Crippen molar-refractivity contribution in [1.82, 2.24) is 5.32 Å². The van der Waals surface area contributed by atoms with Crippen LogP contribution in [0.3, 0.4) is 0 Å². The Morgan fingerprint density at radius 3 is 2.50 bits per heavy atom. The number of thioether (sulfide) groups is 1. The minimum absolute atomic E-state index is 0.00275. The lowest BCUT2D eigenvalue weighted by Gasteiger charge is -2.28. The van der Waals surface area contributed by atoms with E-state index in [1.165, 1.54) is 6.92 Å². The van der Waals surface area contributed by atoms with Crippen LogP contribution in [0.1, 0.15) is 27.7 Å². The van der Waals surface area contributed by atoms with Gasteiger partial charge in [-0.2, -0.15) is 0 Å². The van der Waals surface area contributed by atoms with Crippen molar-refractivity contribution in [3.63, 3.8) is 0 Å². The van der Waals surface area contributed by atoms with Gasteiger partial charge in [0.05, 0.1) is 5.88 Å². The molecular weight excluding hydrogens is 172 g/mol. The van der Waals surface area contributed by atoms with Crippen molar-refractivity contribution in [3.8, 4) is 0 Å². The average Bonchev–Trinajstić information content (AvgIpc) is 1.85. The van der Waals surface area contributed by atoms with Crippen LogP contribution in [0.15, 0.2) is 0 Å². The summed E-state index contributed by atoms with van der Waals surface area (Å²) >= 11 is 1.66. The maximum Gasteiger partial charge on any atom is 0.217 e. The molecule has 3 N–H and O–H groups in total. The van der Waals surface area contributed by atoms with Crippen LogP contribution in [-0.4, -0.2) is 22.6 Å². The first kappa shape index (κ1) is 11.8. The molecule has 0 aromatic carbocycles. The minimum atomic E-state index is 0.00275. The molecule has 4 heteroatoms. The SMILES string of the molecule is CC(=O)NCSC(C)(C)[C@H](C)N. The van der Waals surface area contributed by atoms with Gasteiger partial charge in [-0.3, -0.25) is 4.79 Å². The topological polar surface area (TPSA) is 55.1 Å². The maximum atomic E-state index is 10.5. The van der Waals surface area contributed by atoms with Gasteiger partial charge >= 0.3 is 0 Å². The normalized spacial score (nSPS) is 14.1. The Labute approximate surface area is 78.5 Å². The second-order valence-corrected chi connectivity index (χ2v) is 5.04. The van der Waals surface area contributed by atoms with Gasteiger partial charge in [0, 0.05) is 17.7 Å². The lowest BCUT2D eigenvalue weighted by atomic mass is 10.1. The molecule has 72 valence electrons. The van der Waals surface area contributed by atoms with E-state index < -0.39 is 0 Å².